The summed E-state index contributed by atoms with van der Waals surface area (Å²) >= 11 is 5.91. The average Bonchev–Trinajstić information content (AvgIpc) is 2.59. The Kier molecular flexibility index (Phi) is 6.28. The Morgan fingerprint density at radius 2 is 1.69 bits per heavy atom. The van der Waals surface area contributed by atoms with Gasteiger partial charge >= 0.3 is 0 Å². The Labute approximate surface area is 158 Å². The van der Waals surface area contributed by atoms with Gasteiger partial charge in [0.2, 0.25) is 0 Å². The second-order valence-electron chi connectivity index (χ2n) is 6.65. The number of carbonyl (C=O) groups excluding carboxylic acids is 1. The van der Waals surface area contributed by atoms with Crippen molar-refractivity contribution in [2.24, 2.45) is 0 Å². The third-order valence-electron chi connectivity index (χ3n) is 3.55. The number of sulfonamides is 1. The molecule has 0 atom stereocenters. The summed E-state index contributed by atoms with van der Waals surface area (Å²) in [4.78, 5) is 13.9. The lowest BCUT2D eigenvalue weighted by Gasteiger charge is -2.19. The summed E-state index contributed by atoms with van der Waals surface area (Å²) in [5.74, 6) is -0.315. The van der Waals surface area contributed by atoms with E-state index < -0.39 is 15.9 Å². The lowest BCUT2D eigenvalue weighted by atomic mass is 9.87. The van der Waals surface area contributed by atoms with Crippen LogP contribution in [-0.2, 0) is 20.2 Å². The molecule has 0 saturated carbocycles. The first-order valence-electron chi connectivity index (χ1n) is 7.88. The van der Waals surface area contributed by atoms with Crippen molar-refractivity contribution in [1.82, 2.24) is 10.3 Å². The molecule has 2 rings (SSSR count). The average molecular weight is 397 g/mol. The van der Waals surface area contributed by atoms with Crippen LogP contribution in [0.5, 0.6) is 5.75 Å². The van der Waals surface area contributed by atoms with Crippen LogP contribution in [-0.4, -0.2) is 20.9 Å². The van der Waals surface area contributed by atoms with Crippen molar-refractivity contribution >= 4 is 27.5 Å². The van der Waals surface area contributed by atoms with E-state index >= 15 is 0 Å². The lowest BCUT2D eigenvalue weighted by molar-refractivity contribution is -0.123. The van der Waals surface area contributed by atoms with Crippen molar-refractivity contribution < 1.29 is 17.9 Å². The number of halogens is 1. The minimum atomic E-state index is -3.87. The van der Waals surface area contributed by atoms with Gasteiger partial charge in [-0.05, 0) is 35.2 Å². The molecular formula is C18H21ClN2O4S. The molecule has 0 aliphatic heterocycles. The molecule has 0 aliphatic carbocycles. The summed E-state index contributed by atoms with van der Waals surface area (Å²) in [5.41, 5.74) is 3.04. The van der Waals surface area contributed by atoms with E-state index in [1.165, 1.54) is 12.1 Å². The first-order chi connectivity index (χ1) is 12.1. The number of hydrazine groups is 1. The molecule has 26 heavy (non-hydrogen) atoms. The molecule has 0 radical (unpaired) electrons. The zero-order chi connectivity index (χ0) is 19.4. The van der Waals surface area contributed by atoms with Gasteiger partial charge in [-0.2, -0.15) is 0 Å². The SMILES string of the molecule is CC(C)(C)c1ccc(S(=O)(=O)NNC(=O)COc2ccccc2Cl)cc1. The van der Waals surface area contributed by atoms with Gasteiger partial charge in [-0.15, -0.1) is 4.83 Å². The number of ether oxygens (including phenoxy) is 1. The number of carbonyl (C=O) groups is 1. The third-order valence-corrected chi connectivity index (χ3v) is 5.13. The lowest BCUT2D eigenvalue weighted by Crippen LogP contribution is -2.43. The zero-order valence-corrected chi connectivity index (χ0v) is 16.3. The van der Waals surface area contributed by atoms with Gasteiger partial charge in [0.05, 0.1) is 9.92 Å². The number of rotatable bonds is 6. The van der Waals surface area contributed by atoms with Crippen molar-refractivity contribution in [3.63, 3.8) is 0 Å². The standard InChI is InChI=1S/C18H21ClN2O4S/c1-18(2,3)13-8-10-14(11-9-13)26(23,24)21-20-17(22)12-25-16-7-5-4-6-15(16)19/h4-11,21H,12H2,1-3H3,(H,20,22). The fraction of sp³-hybridized carbons (Fsp3) is 0.278. The molecule has 0 aliphatic rings. The monoisotopic (exact) mass is 396 g/mol. The van der Waals surface area contributed by atoms with E-state index in [2.05, 4.69) is 5.43 Å². The highest BCUT2D eigenvalue weighted by atomic mass is 35.5. The minimum absolute atomic E-state index is 0.0535. The number of benzene rings is 2. The largest absolute Gasteiger partial charge is 0.482 e. The molecule has 0 unspecified atom stereocenters. The number of para-hydroxylation sites is 1. The number of hydrogen-bond acceptors (Lipinski definition) is 4. The van der Waals surface area contributed by atoms with Crippen LogP contribution in [0, 0.1) is 0 Å². The van der Waals surface area contributed by atoms with E-state index in [9.17, 15) is 13.2 Å². The first kappa shape index (κ1) is 20.2. The molecular weight excluding hydrogens is 376 g/mol. The van der Waals surface area contributed by atoms with E-state index in [-0.39, 0.29) is 16.9 Å². The van der Waals surface area contributed by atoms with Crippen molar-refractivity contribution in [1.29, 1.82) is 0 Å². The predicted molar refractivity (Wildman–Crippen MR) is 101 cm³/mol. The van der Waals surface area contributed by atoms with E-state index in [1.54, 1.807) is 36.4 Å². The van der Waals surface area contributed by atoms with Gasteiger partial charge < -0.3 is 4.74 Å². The maximum atomic E-state index is 12.2. The molecule has 2 N–H and O–H groups in total. The van der Waals surface area contributed by atoms with Crippen LogP contribution in [0.15, 0.2) is 53.4 Å². The third kappa shape index (κ3) is 5.45. The molecule has 6 nitrogen and oxygen atoms in total. The van der Waals surface area contributed by atoms with Crippen LogP contribution in [0.4, 0.5) is 0 Å². The first-order valence-corrected chi connectivity index (χ1v) is 9.74. The van der Waals surface area contributed by atoms with Crippen molar-refractivity contribution in [3.8, 4) is 5.75 Å². The summed E-state index contributed by atoms with van der Waals surface area (Å²) in [6.07, 6.45) is 0. The fourth-order valence-corrected chi connectivity index (χ4v) is 3.11. The summed E-state index contributed by atoms with van der Waals surface area (Å²) in [7, 11) is -3.87. The van der Waals surface area contributed by atoms with Gasteiger partial charge in [-0.1, -0.05) is 56.6 Å². The molecule has 0 saturated heterocycles. The smallest absolute Gasteiger partial charge is 0.272 e. The summed E-state index contributed by atoms with van der Waals surface area (Å²) < 4.78 is 29.7. The zero-order valence-electron chi connectivity index (χ0n) is 14.7. The normalized spacial score (nSPS) is 11.8. The van der Waals surface area contributed by atoms with E-state index in [4.69, 9.17) is 16.3 Å². The predicted octanol–water partition coefficient (Wildman–Crippen LogP) is 3.03. The van der Waals surface area contributed by atoms with Crippen LogP contribution in [0.2, 0.25) is 5.02 Å². The Balaban J connectivity index is 1.93. The van der Waals surface area contributed by atoms with Crippen LogP contribution in [0.3, 0.4) is 0 Å². The second-order valence-corrected chi connectivity index (χ2v) is 8.74. The maximum absolute atomic E-state index is 12.2. The number of hydrogen-bond donors (Lipinski definition) is 2. The van der Waals surface area contributed by atoms with Crippen molar-refractivity contribution in [3.05, 3.63) is 59.1 Å². The highest BCUT2D eigenvalue weighted by molar-refractivity contribution is 7.89. The summed E-state index contributed by atoms with van der Waals surface area (Å²) in [5, 5.41) is 0.361. The van der Waals surface area contributed by atoms with E-state index in [0.717, 1.165) is 5.56 Å². The molecule has 2 aromatic rings. The summed E-state index contributed by atoms with van der Waals surface area (Å²) in [6.45, 7) is 5.73. The Hall–Kier alpha value is -2.09. The topological polar surface area (TPSA) is 84.5 Å². The fourth-order valence-electron chi connectivity index (χ4n) is 2.06. The Bertz CT molecular complexity index is 875. The Morgan fingerprint density at radius 1 is 1.08 bits per heavy atom. The minimum Gasteiger partial charge on any atom is -0.482 e. The van der Waals surface area contributed by atoms with E-state index in [1.807, 2.05) is 25.6 Å². The number of nitrogens with one attached hydrogen (secondary N) is 2. The van der Waals surface area contributed by atoms with E-state index in [0.29, 0.717) is 10.8 Å². The van der Waals surface area contributed by atoms with Crippen LogP contribution in [0.25, 0.3) is 0 Å². The second kappa shape index (κ2) is 8.07. The van der Waals surface area contributed by atoms with Crippen molar-refractivity contribution in [2.75, 3.05) is 6.61 Å². The van der Waals surface area contributed by atoms with Gasteiger partial charge in [0, 0.05) is 0 Å². The highest BCUT2D eigenvalue weighted by Crippen LogP contribution is 2.24. The number of amides is 1. The maximum Gasteiger partial charge on any atom is 0.272 e. The van der Waals surface area contributed by atoms with Gasteiger partial charge in [0.15, 0.2) is 6.61 Å². The molecule has 0 aromatic heterocycles. The molecule has 8 heteroatoms. The molecule has 0 spiro atoms. The molecule has 0 heterocycles. The Morgan fingerprint density at radius 3 is 2.27 bits per heavy atom. The molecule has 140 valence electrons. The van der Waals surface area contributed by atoms with Crippen LogP contribution in [0.1, 0.15) is 26.3 Å². The van der Waals surface area contributed by atoms with Crippen LogP contribution < -0.4 is 15.0 Å². The highest BCUT2D eigenvalue weighted by Gasteiger charge is 2.18. The van der Waals surface area contributed by atoms with Crippen LogP contribution >= 0.6 is 11.6 Å². The quantitative estimate of drug-likeness (QED) is 0.735. The molecule has 2 aromatic carbocycles. The van der Waals surface area contributed by atoms with Gasteiger partial charge in [0.25, 0.3) is 15.9 Å². The van der Waals surface area contributed by atoms with Crippen molar-refractivity contribution in [2.45, 2.75) is 31.1 Å². The summed E-state index contributed by atoms with van der Waals surface area (Å²) in [6, 6.07) is 13.2. The van der Waals surface area contributed by atoms with Gasteiger partial charge in [-0.25, -0.2) is 8.42 Å². The van der Waals surface area contributed by atoms with Gasteiger partial charge in [0.1, 0.15) is 5.75 Å². The molecule has 0 fully saturated rings. The van der Waals surface area contributed by atoms with Gasteiger partial charge in [-0.3, -0.25) is 10.2 Å². The molecule has 1 amide bonds. The molecule has 0 bridgehead atoms.